The molecule has 0 unspecified atom stereocenters. The summed E-state index contributed by atoms with van der Waals surface area (Å²) in [6.07, 6.45) is 0. The Labute approximate surface area is 193 Å². The average molecular weight is 437 g/mol. The van der Waals surface area contributed by atoms with Gasteiger partial charge in [-0.25, -0.2) is 0 Å². The molecule has 0 bridgehead atoms. The lowest BCUT2D eigenvalue weighted by atomic mass is 9.96. The van der Waals surface area contributed by atoms with Crippen molar-refractivity contribution in [3.8, 4) is 11.1 Å². The molecule has 5 aromatic carbocycles. The Morgan fingerprint density at radius 2 is 1.09 bits per heavy atom. The van der Waals surface area contributed by atoms with Crippen LogP contribution in [0.2, 0.25) is 0 Å². The van der Waals surface area contributed by atoms with E-state index in [1.165, 1.54) is 59.9 Å². The van der Waals surface area contributed by atoms with Gasteiger partial charge in [0.25, 0.3) is 0 Å². The van der Waals surface area contributed by atoms with Crippen LogP contribution in [0.4, 0.5) is 0 Å². The average Bonchev–Trinajstić information content (AvgIpc) is 3.27. The zero-order chi connectivity index (χ0) is 21.9. The number of hydrogen-bond donors (Lipinski definition) is 0. The fourth-order valence-corrected chi connectivity index (χ4v) is 5.50. The molecule has 0 aliphatic heterocycles. The SMILES string of the molecule is P=Cc1cc(-c2ccccc2)c2c3cc4ccccc4cc3c3cc4ccccc4cc3n12. The minimum absolute atomic E-state index is 1.14. The second-order valence-corrected chi connectivity index (χ2v) is 8.93. The van der Waals surface area contributed by atoms with Crippen molar-refractivity contribution < 1.29 is 0 Å². The van der Waals surface area contributed by atoms with Gasteiger partial charge in [0, 0.05) is 16.3 Å². The monoisotopic (exact) mass is 437 g/mol. The van der Waals surface area contributed by atoms with Gasteiger partial charge in [0.15, 0.2) is 0 Å². The highest BCUT2D eigenvalue weighted by molar-refractivity contribution is 7.19. The van der Waals surface area contributed by atoms with Crippen molar-refractivity contribution in [2.45, 2.75) is 0 Å². The summed E-state index contributed by atoms with van der Waals surface area (Å²) in [5.74, 6) is 2.03. The maximum Gasteiger partial charge on any atom is 0.0620 e. The molecule has 0 atom stereocenters. The molecule has 0 radical (unpaired) electrons. The fraction of sp³-hybridized carbons (Fsp3) is 0. The molecule has 0 amide bonds. The lowest BCUT2D eigenvalue weighted by Gasteiger charge is -2.14. The standard InChI is InChI=1S/C31H20NP/c33-19-25-18-26(20-8-2-1-3-9-20)31-29-16-23-12-5-4-10-21(23)14-27(29)28-15-22-11-6-7-13-24(22)17-30(28)32(25)31/h1-19,33H. The summed E-state index contributed by atoms with van der Waals surface area (Å²) in [5.41, 5.74) is 6.07. The van der Waals surface area contributed by atoms with Gasteiger partial charge in [-0.1, -0.05) is 78.9 Å². The summed E-state index contributed by atoms with van der Waals surface area (Å²) in [4.78, 5) is 0. The molecular formula is C31H20NP. The van der Waals surface area contributed by atoms with E-state index in [1.807, 2.05) is 5.80 Å². The summed E-state index contributed by atoms with van der Waals surface area (Å²) in [6, 6.07) is 39.7. The van der Waals surface area contributed by atoms with E-state index in [0.29, 0.717) is 0 Å². The van der Waals surface area contributed by atoms with Crippen LogP contribution in [-0.4, -0.2) is 10.2 Å². The van der Waals surface area contributed by atoms with Crippen LogP contribution in [0.3, 0.4) is 0 Å². The van der Waals surface area contributed by atoms with Crippen molar-refractivity contribution in [2.24, 2.45) is 0 Å². The molecule has 2 heteroatoms. The molecule has 7 rings (SSSR count). The second kappa shape index (κ2) is 7.04. The Balaban J connectivity index is 1.81. The summed E-state index contributed by atoms with van der Waals surface area (Å²) in [7, 11) is 3.71. The fourth-order valence-electron chi connectivity index (χ4n) is 5.29. The second-order valence-electron chi connectivity index (χ2n) is 8.64. The molecule has 0 N–H and O–H groups in total. The topological polar surface area (TPSA) is 4.41 Å². The zero-order valence-electron chi connectivity index (χ0n) is 17.9. The molecule has 154 valence electrons. The van der Waals surface area contributed by atoms with E-state index < -0.39 is 0 Å². The molecule has 0 aliphatic carbocycles. The van der Waals surface area contributed by atoms with Gasteiger partial charge >= 0.3 is 0 Å². The maximum atomic E-state index is 3.71. The predicted molar refractivity (Wildman–Crippen MR) is 146 cm³/mol. The molecule has 2 heterocycles. The van der Waals surface area contributed by atoms with Crippen LogP contribution in [0, 0.1) is 0 Å². The smallest absolute Gasteiger partial charge is 0.0620 e. The van der Waals surface area contributed by atoms with Crippen LogP contribution in [0.25, 0.3) is 59.9 Å². The van der Waals surface area contributed by atoms with Crippen molar-refractivity contribution in [1.29, 1.82) is 0 Å². The maximum absolute atomic E-state index is 3.71. The number of benzene rings is 5. The number of aromatic nitrogens is 1. The minimum atomic E-state index is 1.14. The third-order valence-electron chi connectivity index (χ3n) is 6.80. The predicted octanol–water partition coefficient (Wildman–Crippen LogP) is 8.51. The van der Waals surface area contributed by atoms with Gasteiger partial charge in [-0.05, 0) is 68.6 Å². The summed E-state index contributed by atoms with van der Waals surface area (Å²) in [6.45, 7) is 0. The molecule has 33 heavy (non-hydrogen) atoms. The Bertz CT molecular complexity index is 1880. The minimum Gasteiger partial charge on any atom is -0.308 e. The first-order valence-corrected chi connectivity index (χ1v) is 11.8. The van der Waals surface area contributed by atoms with Crippen LogP contribution >= 0.6 is 8.86 Å². The quantitative estimate of drug-likeness (QED) is 0.145. The first kappa shape index (κ1) is 18.6. The van der Waals surface area contributed by atoms with Crippen LogP contribution in [0.15, 0.2) is 109 Å². The lowest BCUT2D eigenvalue weighted by Crippen LogP contribution is -1.95. The van der Waals surface area contributed by atoms with Crippen molar-refractivity contribution in [2.75, 3.05) is 0 Å². The Morgan fingerprint density at radius 3 is 1.73 bits per heavy atom. The molecule has 2 aromatic heterocycles. The van der Waals surface area contributed by atoms with Crippen molar-refractivity contribution in [3.05, 3.63) is 115 Å². The van der Waals surface area contributed by atoms with Crippen molar-refractivity contribution in [1.82, 2.24) is 4.40 Å². The Morgan fingerprint density at radius 1 is 0.545 bits per heavy atom. The molecule has 0 fully saturated rings. The highest BCUT2D eigenvalue weighted by atomic mass is 31.0. The third kappa shape index (κ3) is 2.70. The summed E-state index contributed by atoms with van der Waals surface area (Å²) in [5, 5.41) is 8.87. The number of fused-ring (bicyclic) bond motifs is 8. The van der Waals surface area contributed by atoms with Gasteiger partial charge in [0.2, 0.25) is 0 Å². The first-order chi connectivity index (χ1) is 16.3. The van der Waals surface area contributed by atoms with E-state index in [9.17, 15) is 0 Å². The molecular weight excluding hydrogens is 417 g/mol. The number of hydrogen-bond acceptors (Lipinski definition) is 0. The summed E-state index contributed by atoms with van der Waals surface area (Å²) < 4.78 is 2.41. The van der Waals surface area contributed by atoms with E-state index in [4.69, 9.17) is 0 Å². The van der Waals surface area contributed by atoms with Crippen molar-refractivity contribution >= 4 is 63.4 Å². The molecule has 0 spiro atoms. The summed E-state index contributed by atoms with van der Waals surface area (Å²) >= 11 is 0. The largest absolute Gasteiger partial charge is 0.308 e. The zero-order valence-corrected chi connectivity index (χ0v) is 18.9. The van der Waals surface area contributed by atoms with Gasteiger partial charge in [-0.2, -0.15) is 0 Å². The Kier molecular flexibility index (Phi) is 3.97. The number of rotatable bonds is 2. The van der Waals surface area contributed by atoms with E-state index in [0.717, 1.165) is 5.69 Å². The van der Waals surface area contributed by atoms with Crippen LogP contribution in [-0.2, 0) is 0 Å². The highest BCUT2D eigenvalue weighted by Crippen LogP contribution is 2.40. The Hall–Kier alpha value is -3.93. The van der Waals surface area contributed by atoms with Crippen molar-refractivity contribution in [3.63, 3.8) is 0 Å². The third-order valence-corrected chi connectivity index (χ3v) is 7.09. The van der Waals surface area contributed by atoms with E-state index >= 15 is 0 Å². The van der Waals surface area contributed by atoms with Crippen LogP contribution in [0.1, 0.15) is 5.69 Å². The first-order valence-electron chi connectivity index (χ1n) is 11.2. The molecule has 0 saturated carbocycles. The molecule has 1 nitrogen and oxygen atoms in total. The van der Waals surface area contributed by atoms with Gasteiger partial charge in [-0.3, -0.25) is 0 Å². The molecule has 0 aliphatic rings. The molecule has 0 saturated heterocycles. The van der Waals surface area contributed by atoms with Crippen LogP contribution < -0.4 is 0 Å². The van der Waals surface area contributed by atoms with E-state index in [1.54, 1.807) is 0 Å². The van der Waals surface area contributed by atoms with Crippen LogP contribution in [0.5, 0.6) is 0 Å². The van der Waals surface area contributed by atoms with Gasteiger partial charge < -0.3 is 4.40 Å². The number of pyridine rings is 1. The molecule has 7 aromatic rings. The van der Waals surface area contributed by atoms with E-state index in [-0.39, 0.29) is 0 Å². The lowest BCUT2D eigenvalue weighted by molar-refractivity contribution is 1.27. The van der Waals surface area contributed by atoms with Gasteiger partial charge in [-0.15, -0.1) is 8.86 Å². The van der Waals surface area contributed by atoms with E-state index in [2.05, 4.69) is 122 Å². The highest BCUT2D eigenvalue weighted by Gasteiger charge is 2.18. The normalized spacial score (nSPS) is 11.8. The number of nitrogens with zero attached hydrogens (tertiary/aromatic N) is 1. The van der Waals surface area contributed by atoms with Gasteiger partial charge in [0.1, 0.15) is 0 Å². The van der Waals surface area contributed by atoms with Gasteiger partial charge in [0.05, 0.1) is 16.7 Å².